The summed E-state index contributed by atoms with van der Waals surface area (Å²) in [5.41, 5.74) is 1.19. The number of aliphatic hydroxyl groups excluding tert-OH is 2. The van der Waals surface area contributed by atoms with Crippen molar-refractivity contribution in [2.24, 2.45) is 23.7 Å². The van der Waals surface area contributed by atoms with E-state index in [1.165, 1.54) is 75.7 Å². The van der Waals surface area contributed by atoms with E-state index in [0.29, 0.717) is 43.2 Å². The lowest BCUT2D eigenvalue weighted by atomic mass is 9.94. The molecule has 106 heavy (non-hydrogen) atoms. The number of nitrogens with one attached hydrogen (secondary N) is 4. The number of piperidine rings is 1. The molecule has 2 saturated heterocycles. The van der Waals surface area contributed by atoms with E-state index < -0.39 is 188 Å². The molecular formula is C77H121F3N12O14. The van der Waals surface area contributed by atoms with Gasteiger partial charge in [0.25, 0.3) is 0 Å². The Morgan fingerprint density at radius 1 is 0.528 bits per heavy atom. The van der Waals surface area contributed by atoms with Crippen LogP contribution < -0.4 is 21.3 Å². The van der Waals surface area contributed by atoms with Crippen molar-refractivity contribution >= 4 is 70.9 Å². The summed E-state index contributed by atoms with van der Waals surface area (Å²) in [5.74, 6) is -11.4. The highest BCUT2D eigenvalue weighted by Gasteiger charge is 2.45. The Hall–Kier alpha value is -8.21. The van der Waals surface area contributed by atoms with Crippen LogP contribution in [-0.4, -0.2) is 268 Å². The van der Waals surface area contributed by atoms with Crippen LogP contribution in [0.4, 0.5) is 13.2 Å². The van der Waals surface area contributed by atoms with Gasteiger partial charge in [0.2, 0.25) is 70.9 Å². The van der Waals surface area contributed by atoms with Gasteiger partial charge in [-0.05, 0) is 113 Å². The van der Waals surface area contributed by atoms with Gasteiger partial charge in [0.15, 0.2) is 0 Å². The molecule has 2 aliphatic heterocycles. The molecule has 594 valence electrons. The van der Waals surface area contributed by atoms with Gasteiger partial charge in [0.05, 0.1) is 19.1 Å². The van der Waals surface area contributed by atoms with E-state index in [0.717, 1.165) is 26.0 Å². The largest absolute Gasteiger partial charge is 0.414 e. The number of rotatable bonds is 21. The molecule has 2 aliphatic rings. The monoisotopic (exact) mass is 1490 g/mol. The van der Waals surface area contributed by atoms with Crippen molar-refractivity contribution in [2.75, 3.05) is 68.5 Å². The Kier molecular flexibility index (Phi) is 36.0. The average molecular weight is 1500 g/mol. The number of amides is 12. The Balaban J connectivity index is 2.04. The van der Waals surface area contributed by atoms with Gasteiger partial charge in [-0.1, -0.05) is 136 Å². The van der Waals surface area contributed by atoms with Gasteiger partial charge in [-0.3, -0.25) is 57.5 Å². The number of nitrogens with zero attached hydrogens (tertiary/aromatic N) is 8. The Morgan fingerprint density at radius 3 is 1.54 bits per heavy atom. The first-order chi connectivity index (χ1) is 49.7. The van der Waals surface area contributed by atoms with Crippen LogP contribution in [0.3, 0.4) is 0 Å². The molecule has 12 amide bonds. The van der Waals surface area contributed by atoms with Crippen LogP contribution in [-0.2, 0) is 70.4 Å². The van der Waals surface area contributed by atoms with Crippen molar-refractivity contribution in [2.45, 2.75) is 251 Å². The van der Waals surface area contributed by atoms with Crippen LogP contribution in [0.15, 0.2) is 60.7 Å². The minimum Gasteiger partial charge on any atom is -0.391 e. The summed E-state index contributed by atoms with van der Waals surface area (Å²) >= 11 is 0. The zero-order valence-electron chi connectivity index (χ0n) is 65.5. The summed E-state index contributed by atoms with van der Waals surface area (Å²) in [6.45, 7) is 18.5. The number of carbonyl (C=O) groups excluding carboxylic acids is 12. The molecule has 26 nitrogen and oxygen atoms in total. The summed E-state index contributed by atoms with van der Waals surface area (Å²) < 4.78 is 41.4. The van der Waals surface area contributed by atoms with Crippen LogP contribution in [0.1, 0.15) is 171 Å². The number of alkyl halides is 3. The number of likely N-dealkylation sites (N-methyl/N-ethyl adjacent to an activating group) is 6. The average Bonchev–Trinajstić information content (AvgIpc) is 0.811. The molecular weight excluding hydrogens is 1370 g/mol. The van der Waals surface area contributed by atoms with Gasteiger partial charge in [-0.25, -0.2) is 0 Å². The molecule has 2 aromatic carbocycles. The molecule has 2 heterocycles. The maximum Gasteiger partial charge on any atom is 0.414 e. The third-order valence-corrected chi connectivity index (χ3v) is 20.4. The van der Waals surface area contributed by atoms with Crippen LogP contribution in [0.2, 0.25) is 0 Å². The number of hydrogen-bond donors (Lipinski definition) is 6. The number of unbranched alkanes of at least 4 members (excludes halogenated alkanes) is 1. The van der Waals surface area contributed by atoms with Crippen LogP contribution >= 0.6 is 0 Å². The molecule has 0 radical (unpaired) electrons. The predicted octanol–water partition coefficient (Wildman–Crippen LogP) is 5.10. The lowest BCUT2D eigenvalue weighted by Crippen LogP contribution is -2.63. The van der Waals surface area contributed by atoms with Gasteiger partial charge in [-0.2, -0.15) is 13.2 Å². The third-order valence-electron chi connectivity index (χ3n) is 20.4. The van der Waals surface area contributed by atoms with E-state index in [1.54, 1.807) is 102 Å². The number of halogens is 3. The van der Waals surface area contributed by atoms with Gasteiger partial charge in [-0.15, -0.1) is 0 Å². The zero-order valence-corrected chi connectivity index (χ0v) is 65.5. The second-order valence-corrected chi connectivity index (χ2v) is 30.2. The number of likely N-dealkylation sites (tertiary alicyclic amines) is 1. The molecule has 0 saturated carbocycles. The highest BCUT2D eigenvalue weighted by atomic mass is 19.4. The Labute approximate surface area is 624 Å². The maximum absolute atomic E-state index is 15.6. The Bertz CT molecular complexity index is 3250. The summed E-state index contributed by atoms with van der Waals surface area (Å²) in [4.78, 5) is 191. The number of benzene rings is 2. The van der Waals surface area contributed by atoms with E-state index in [4.69, 9.17) is 0 Å². The zero-order chi connectivity index (χ0) is 79.8. The van der Waals surface area contributed by atoms with E-state index in [9.17, 15) is 47.4 Å². The molecule has 0 spiro atoms. The van der Waals surface area contributed by atoms with Crippen molar-refractivity contribution < 1.29 is 80.9 Å². The first kappa shape index (κ1) is 90.2. The molecule has 2 aromatic rings. The molecule has 6 N–H and O–H groups in total. The first-order valence-electron chi connectivity index (χ1n) is 37.6. The van der Waals surface area contributed by atoms with Gasteiger partial charge < -0.3 is 70.7 Å². The SMILES string of the molecule is CCCCN1CC(=O)N(C)[C@@H](CC(C)C)C(=O)N[C@H](C(=O)N2CCCCC2)CC(=O)N(C)[C@@H](C)C(=O)N[C@@H](CCCC(O)C(F)(F)F)C(=O)N(C)[C@@H](CC(C)C)C(=O)N(C)[C@@H](Cc2ccccc2)C(=O)N[C@@H](CC(C)C)C(=O)N(C)[C@@H](Cc2ccccc2)C(=O)N(C)C([C@@H](C)CC)C(=O)N[C@@H]([C@@H](C)O)C1=O. The van der Waals surface area contributed by atoms with Crippen molar-refractivity contribution in [1.29, 1.82) is 0 Å². The van der Waals surface area contributed by atoms with E-state index >= 15 is 33.6 Å². The summed E-state index contributed by atoms with van der Waals surface area (Å²) in [7, 11) is 8.00. The van der Waals surface area contributed by atoms with Gasteiger partial charge in [0.1, 0.15) is 66.5 Å². The molecule has 0 aromatic heterocycles. The second-order valence-electron chi connectivity index (χ2n) is 30.2. The molecule has 2 fully saturated rings. The fourth-order valence-electron chi connectivity index (χ4n) is 13.4. The van der Waals surface area contributed by atoms with Crippen molar-refractivity contribution in [3.8, 4) is 0 Å². The lowest BCUT2D eigenvalue weighted by Gasteiger charge is -2.39. The standard InChI is InChI=1S/C77H121F3N12O14/c1-18-20-37-92-46-64(96)86(13)58(41-48(5)6)68(98)83-57(73(103)91-38-28-23-29-39-91)45-63(95)85(12)51(10)67(97)81-55(35-30-36-62(94)77(78,79)80)71(101)88(15)60(42-49(7)8)74(104)87(14)59(43-53-31-24-21-25-32-53)69(99)82-56(40-47(3)4)72(102)89(16)61(44-54-33-26-22-27-34-54)75(105)90(17)66(50(9)19-2)70(100)84-65(52(11)93)76(92)106/h21-22,24-27,31-34,47-52,55-62,65-66,93-94H,18-20,23,28-30,35-46H2,1-17H3,(H,81,97)(H,82,99)(H,83,98)(H,84,100)/t50-,51-,52+,55-,56-,57-,58-,59-,60-,61-,62?,65-,66?/m0/s1. The van der Waals surface area contributed by atoms with Crippen molar-refractivity contribution in [1.82, 2.24) is 60.5 Å². The molecule has 0 aliphatic carbocycles. The molecule has 13 atom stereocenters. The maximum atomic E-state index is 15.6. The van der Waals surface area contributed by atoms with Gasteiger partial charge in [0, 0.05) is 74.8 Å². The molecule has 29 heteroatoms. The van der Waals surface area contributed by atoms with E-state index in [2.05, 4.69) is 21.3 Å². The van der Waals surface area contributed by atoms with Crippen molar-refractivity contribution in [3.63, 3.8) is 0 Å². The highest BCUT2D eigenvalue weighted by molar-refractivity contribution is 6.00. The normalized spacial score (nSPS) is 25.0. The Morgan fingerprint density at radius 2 is 1.02 bits per heavy atom. The number of hydrogen-bond acceptors (Lipinski definition) is 14. The number of carbonyl (C=O) groups is 12. The highest BCUT2D eigenvalue weighted by Crippen LogP contribution is 2.27. The summed E-state index contributed by atoms with van der Waals surface area (Å²) in [6.07, 6.45) is -9.17. The van der Waals surface area contributed by atoms with Crippen LogP contribution in [0.5, 0.6) is 0 Å². The first-order valence-corrected chi connectivity index (χ1v) is 37.6. The third kappa shape index (κ3) is 26.0. The number of aliphatic hydroxyl groups is 2. The molecule has 0 bridgehead atoms. The molecule has 4 rings (SSSR count). The minimum absolute atomic E-state index is 0.00617. The van der Waals surface area contributed by atoms with Crippen molar-refractivity contribution in [3.05, 3.63) is 71.8 Å². The summed E-state index contributed by atoms with van der Waals surface area (Å²) in [5, 5.41) is 32.6. The van der Waals surface area contributed by atoms with E-state index in [1.807, 2.05) is 20.8 Å². The van der Waals surface area contributed by atoms with E-state index in [-0.39, 0.29) is 69.5 Å². The lowest BCUT2D eigenvalue weighted by molar-refractivity contribution is -0.205. The summed E-state index contributed by atoms with van der Waals surface area (Å²) in [6, 6.07) is 2.63. The smallest absolute Gasteiger partial charge is 0.391 e. The molecule has 2 unspecified atom stereocenters. The fourth-order valence-corrected chi connectivity index (χ4v) is 13.4. The van der Waals surface area contributed by atoms with Crippen LogP contribution in [0, 0.1) is 23.7 Å². The predicted molar refractivity (Wildman–Crippen MR) is 395 cm³/mol. The second kappa shape index (κ2) is 42.4. The van der Waals surface area contributed by atoms with Crippen LogP contribution in [0.25, 0.3) is 0 Å². The minimum atomic E-state index is -5.04. The van der Waals surface area contributed by atoms with Gasteiger partial charge >= 0.3 is 6.18 Å². The fraction of sp³-hybridized carbons (Fsp3) is 0.688. The quantitative estimate of drug-likeness (QED) is 0.0948. The topological polar surface area (TPSA) is 319 Å².